The molecule has 0 aromatic heterocycles. The first kappa shape index (κ1) is 17.4. The van der Waals surface area contributed by atoms with Crippen molar-refractivity contribution in [3.8, 4) is 0 Å². The van der Waals surface area contributed by atoms with Gasteiger partial charge in [0.15, 0.2) is 0 Å². The van der Waals surface area contributed by atoms with Gasteiger partial charge in [0, 0.05) is 13.0 Å². The summed E-state index contributed by atoms with van der Waals surface area (Å²) in [6.07, 6.45) is 2.32. The van der Waals surface area contributed by atoms with E-state index in [1.165, 1.54) is 19.2 Å². The number of carbonyl (C=O) groups excluding carboxylic acids is 2. The number of carbonyl (C=O) groups is 2. The highest BCUT2D eigenvalue weighted by atomic mass is 19.1. The highest BCUT2D eigenvalue weighted by Crippen LogP contribution is 2.35. The molecule has 2 rings (SSSR count). The second-order valence-corrected chi connectivity index (χ2v) is 6.89. The molecule has 1 amide bonds. The van der Waals surface area contributed by atoms with Gasteiger partial charge in [0.25, 0.3) is 0 Å². The Bertz CT molecular complexity index is 568. The summed E-state index contributed by atoms with van der Waals surface area (Å²) in [5.74, 6) is -0.547. The third kappa shape index (κ3) is 4.53. The number of nitrogens with zero attached hydrogens (tertiary/aromatic N) is 1. The van der Waals surface area contributed by atoms with Crippen LogP contribution in [0.5, 0.6) is 0 Å². The third-order valence-electron chi connectivity index (χ3n) is 4.31. The molecule has 0 radical (unpaired) electrons. The number of benzene rings is 1. The second kappa shape index (κ2) is 7.11. The fraction of sp³-hybridized carbons (Fsp3) is 0.556. The van der Waals surface area contributed by atoms with Gasteiger partial charge in [-0.05, 0) is 36.0 Å². The van der Waals surface area contributed by atoms with Gasteiger partial charge < -0.3 is 9.64 Å². The molecule has 0 bridgehead atoms. The molecule has 126 valence electrons. The van der Waals surface area contributed by atoms with Gasteiger partial charge in [-0.3, -0.25) is 9.59 Å². The molecule has 23 heavy (non-hydrogen) atoms. The molecule has 0 saturated carbocycles. The second-order valence-electron chi connectivity index (χ2n) is 6.89. The molecule has 1 aromatic rings. The summed E-state index contributed by atoms with van der Waals surface area (Å²) in [7, 11) is 1.35. The average molecular weight is 321 g/mol. The fourth-order valence-corrected chi connectivity index (χ4v) is 3.13. The smallest absolute Gasteiger partial charge is 0.306 e. The van der Waals surface area contributed by atoms with E-state index in [1.807, 2.05) is 18.7 Å². The molecule has 1 heterocycles. The van der Waals surface area contributed by atoms with Crippen LogP contribution in [0.2, 0.25) is 0 Å². The molecule has 0 spiro atoms. The van der Waals surface area contributed by atoms with Gasteiger partial charge in [-0.1, -0.05) is 26.0 Å². The maximum absolute atomic E-state index is 13.1. The Hall–Kier alpha value is -1.91. The highest BCUT2D eigenvalue weighted by Gasteiger charge is 2.34. The summed E-state index contributed by atoms with van der Waals surface area (Å²) in [4.78, 5) is 26.0. The topological polar surface area (TPSA) is 46.6 Å². The number of ether oxygens (including phenoxy) is 1. The van der Waals surface area contributed by atoms with Crippen LogP contribution in [0.1, 0.15) is 51.1 Å². The van der Waals surface area contributed by atoms with Crippen molar-refractivity contribution < 1.29 is 18.7 Å². The van der Waals surface area contributed by atoms with E-state index in [1.54, 1.807) is 12.1 Å². The van der Waals surface area contributed by atoms with Crippen LogP contribution < -0.4 is 0 Å². The minimum absolute atomic E-state index is 0.00275. The Balaban J connectivity index is 2.05. The number of amides is 1. The van der Waals surface area contributed by atoms with E-state index in [9.17, 15) is 14.0 Å². The number of halogens is 1. The molecule has 1 fully saturated rings. The zero-order valence-corrected chi connectivity index (χ0v) is 14.0. The Morgan fingerprint density at radius 1 is 1.26 bits per heavy atom. The van der Waals surface area contributed by atoms with Gasteiger partial charge in [0.05, 0.1) is 19.6 Å². The number of rotatable bonds is 5. The zero-order valence-electron chi connectivity index (χ0n) is 14.0. The first-order valence-electron chi connectivity index (χ1n) is 7.94. The van der Waals surface area contributed by atoms with E-state index >= 15 is 0 Å². The van der Waals surface area contributed by atoms with Crippen molar-refractivity contribution in [2.45, 2.75) is 45.6 Å². The summed E-state index contributed by atoms with van der Waals surface area (Å²) in [6, 6.07) is 6.34. The predicted octanol–water partition coefficient (Wildman–Crippen LogP) is 3.47. The minimum Gasteiger partial charge on any atom is -0.469 e. The first-order valence-corrected chi connectivity index (χ1v) is 7.94. The largest absolute Gasteiger partial charge is 0.469 e. The molecule has 4 nitrogen and oxygen atoms in total. The molecule has 5 heteroatoms. The van der Waals surface area contributed by atoms with Crippen LogP contribution in [-0.4, -0.2) is 30.4 Å². The molecular formula is C18H24FNO3. The van der Waals surface area contributed by atoms with Gasteiger partial charge in [0.1, 0.15) is 5.82 Å². The van der Waals surface area contributed by atoms with Crippen molar-refractivity contribution in [3.05, 3.63) is 35.6 Å². The van der Waals surface area contributed by atoms with E-state index < -0.39 is 5.41 Å². The van der Waals surface area contributed by atoms with Gasteiger partial charge in [0.2, 0.25) is 5.91 Å². The van der Waals surface area contributed by atoms with Crippen LogP contribution in [0.4, 0.5) is 4.39 Å². The summed E-state index contributed by atoms with van der Waals surface area (Å²) >= 11 is 0. The van der Waals surface area contributed by atoms with Crippen molar-refractivity contribution in [2.75, 3.05) is 13.7 Å². The lowest BCUT2D eigenvalue weighted by Crippen LogP contribution is -2.34. The van der Waals surface area contributed by atoms with E-state index in [0.717, 1.165) is 18.4 Å². The van der Waals surface area contributed by atoms with Crippen molar-refractivity contribution in [3.63, 3.8) is 0 Å². The Morgan fingerprint density at radius 2 is 1.91 bits per heavy atom. The van der Waals surface area contributed by atoms with E-state index in [-0.39, 0.29) is 30.2 Å². The maximum atomic E-state index is 13.1. The molecular weight excluding hydrogens is 297 g/mol. The number of hydrogen-bond donors (Lipinski definition) is 0. The Kier molecular flexibility index (Phi) is 5.39. The van der Waals surface area contributed by atoms with Crippen molar-refractivity contribution in [1.29, 1.82) is 0 Å². The third-order valence-corrected chi connectivity index (χ3v) is 4.31. The molecule has 1 aliphatic heterocycles. The van der Waals surface area contributed by atoms with E-state index in [2.05, 4.69) is 0 Å². The van der Waals surface area contributed by atoms with Gasteiger partial charge in [-0.15, -0.1) is 0 Å². The summed E-state index contributed by atoms with van der Waals surface area (Å²) < 4.78 is 17.8. The SMILES string of the molecule is COC(=O)CC(C)(C)CC(=O)N1CCCC1c1ccc(F)cc1. The highest BCUT2D eigenvalue weighted by molar-refractivity contribution is 5.79. The van der Waals surface area contributed by atoms with Crippen molar-refractivity contribution >= 4 is 11.9 Å². The van der Waals surface area contributed by atoms with Crippen LogP contribution in [0.3, 0.4) is 0 Å². The summed E-state index contributed by atoms with van der Waals surface area (Å²) in [5.41, 5.74) is 0.517. The van der Waals surface area contributed by atoms with Crippen molar-refractivity contribution in [2.24, 2.45) is 5.41 Å². The number of hydrogen-bond acceptors (Lipinski definition) is 3. The number of esters is 1. The fourth-order valence-electron chi connectivity index (χ4n) is 3.13. The monoisotopic (exact) mass is 321 g/mol. The predicted molar refractivity (Wildman–Crippen MR) is 85.1 cm³/mol. The standard InChI is InChI=1S/C18H24FNO3/c1-18(2,12-17(22)23-3)11-16(21)20-10-4-5-15(20)13-6-8-14(19)9-7-13/h6-9,15H,4-5,10-12H2,1-3H3. The van der Waals surface area contributed by atoms with Gasteiger partial charge in [-0.25, -0.2) is 4.39 Å². The number of likely N-dealkylation sites (tertiary alicyclic amines) is 1. The molecule has 1 aromatic carbocycles. The lowest BCUT2D eigenvalue weighted by atomic mass is 9.85. The molecule has 1 unspecified atom stereocenters. The van der Waals surface area contributed by atoms with Crippen LogP contribution in [0.15, 0.2) is 24.3 Å². The average Bonchev–Trinajstić information content (AvgIpc) is 2.96. The molecule has 0 N–H and O–H groups in total. The minimum atomic E-state index is -0.444. The van der Waals surface area contributed by atoms with E-state index in [4.69, 9.17) is 4.74 Å². The van der Waals surface area contributed by atoms with Crippen LogP contribution in [-0.2, 0) is 14.3 Å². The Labute approximate surface area is 136 Å². The van der Waals surface area contributed by atoms with Crippen LogP contribution >= 0.6 is 0 Å². The molecule has 1 saturated heterocycles. The molecule has 1 aliphatic rings. The van der Waals surface area contributed by atoms with Gasteiger partial charge in [-0.2, -0.15) is 0 Å². The van der Waals surface area contributed by atoms with Gasteiger partial charge >= 0.3 is 5.97 Å². The lowest BCUT2D eigenvalue weighted by molar-refractivity contribution is -0.144. The summed E-state index contributed by atoms with van der Waals surface area (Å²) in [5, 5.41) is 0. The quantitative estimate of drug-likeness (QED) is 0.780. The Morgan fingerprint density at radius 3 is 2.52 bits per heavy atom. The van der Waals surface area contributed by atoms with Crippen LogP contribution in [0, 0.1) is 11.2 Å². The first-order chi connectivity index (χ1) is 10.8. The maximum Gasteiger partial charge on any atom is 0.306 e. The molecule has 1 atom stereocenters. The van der Waals surface area contributed by atoms with E-state index in [0.29, 0.717) is 13.0 Å². The normalized spacial score (nSPS) is 18.1. The number of methoxy groups -OCH3 is 1. The molecule has 0 aliphatic carbocycles. The van der Waals surface area contributed by atoms with Crippen molar-refractivity contribution in [1.82, 2.24) is 4.90 Å². The summed E-state index contributed by atoms with van der Waals surface area (Å²) in [6.45, 7) is 4.49. The zero-order chi connectivity index (χ0) is 17.0. The van der Waals surface area contributed by atoms with Crippen LogP contribution in [0.25, 0.3) is 0 Å². The lowest BCUT2D eigenvalue weighted by Gasteiger charge is -2.30.